The van der Waals surface area contributed by atoms with Gasteiger partial charge in [-0.2, -0.15) is 0 Å². The molecule has 0 saturated heterocycles. The summed E-state index contributed by atoms with van der Waals surface area (Å²) >= 11 is 1.51. The van der Waals surface area contributed by atoms with Crippen LogP contribution in [0.3, 0.4) is 0 Å². The normalized spacial score (nSPS) is 15.5. The summed E-state index contributed by atoms with van der Waals surface area (Å²) in [5, 5.41) is 2.68. The number of fused-ring (bicyclic) bond motifs is 2. The molecule has 0 bridgehead atoms. The molecule has 21 heavy (non-hydrogen) atoms. The van der Waals surface area contributed by atoms with Gasteiger partial charge in [0.15, 0.2) is 0 Å². The standard InChI is InChI=1S/C15H8FN3OS/c16-8-1-3-11-10(5-8)14(15(20)19-11)18-9-2-4-12-13(6-9)21-7-17-12/h1-7H,(H,18,19,20). The summed E-state index contributed by atoms with van der Waals surface area (Å²) in [5.74, 6) is -0.712. The Morgan fingerprint density at radius 3 is 3.00 bits per heavy atom. The largest absolute Gasteiger partial charge is 0.320 e. The number of amides is 1. The number of aliphatic imine (C=N–C) groups is 1. The van der Waals surface area contributed by atoms with Crippen LogP contribution in [0.2, 0.25) is 0 Å². The van der Waals surface area contributed by atoms with E-state index in [9.17, 15) is 9.18 Å². The number of carbonyl (C=O) groups is 1. The van der Waals surface area contributed by atoms with Gasteiger partial charge in [0.2, 0.25) is 0 Å². The Morgan fingerprint density at radius 1 is 1.19 bits per heavy atom. The van der Waals surface area contributed by atoms with Crippen LogP contribution in [-0.4, -0.2) is 16.6 Å². The van der Waals surface area contributed by atoms with Crippen LogP contribution in [0.1, 0.15) is 5.56 Å². The Morgan fingerprint density at radius 2 is 2.10 bits per heavy atom. The highest BCUT2D eigenvalue weighted by molar-refractivity contribution is 7.16. The summed E-state index contributed by atoms with van der Waals surface area (Å²) in [7, 11) is 0. The van der Waals surface area contributed by atoms with Gasteiger partial charge in [-0.15, -0.1) is 11.3 Å². The first-order chi connectivity index (χ1) is 10.2. The number of hydrogen-bond acceptors (Lipinski definition) is 4. The molecule has 0 atom stereocenters. The van der Waals surface area contributed by atoms with Gasteiger partial charge in [-0.25, -0.2) is 14.4 Å². The molecular formula is C15H8FN3OS. The van der Waals surface area contributed by atoms with Crippen molar-refractivity contribution in [3.05, 3.63) is 53.3 Å². The fourth-order valence-electron chi connectivity index (χ4n) is 2.28. The average Bonchev–Trinajstić information content (AvgIpc) is 3.04. The number of halogens is 1. The van der Waals surface area contributed by atoms with Crippen molar-refractivity contribution >= 4 is 44.5 Å². The topological polar surface area (TPSA) is 54.4 Å². The van der Waals surface area contributed by atoms with Crippen LogP contribution in [0.4, 0.5) is 15.8 Å². The Balaban J connectivity index is 1.85. The van der Waals surface area contributed by atoms with Gasteiger partial charge in [0.05, 0.1) is 27.1 Å². The zero-order valence-corrected chi connectivity index (χ0v) is 11.4. The molecule has 0 fully saturated rings. The van der Waals surface area contributed by atoms with Crippen LogP contribution in [-0.2, 0) is 4.79 Å². The predicted molar refractivity (Wildman–Crippen MR) is 80.8 cm³/mol. The number of thiazole rings is 1. The highest BCUT2D eigenvalue weighted by Gasteiger charge is 2.26. The fraction of sp³-hybridized carbons (Fsp3) is 0. The molecule has 4 nitrogen and oxygen atoms in total. The van der Waals surface area contributed by atoms with Crippen molar-refractivity contribution in [1.29, 1.82) is 0 Å². The third-order valence-electron chi connectivity index (χ3n) is 3.26. The summed E-state index contributed by atoms with van der Waals surface area (Å²) in [4.78, 5) is 20.5. The monoisotopic (exact) mass is 297 g/mol. The molecule has 0 spiro atoms. The lowest BCUT2D eigenvalue weighted by molar-refractivity contribution is -0.110. The number of rotatable bonds is 1. The second kappa shape index (κ2) is 4.46. The molecule has 1 aliphatic heterocycles. The second-order valence-electron chi connectivity index (χ2n) is 4.61. The molecule has 3 aromatic rings. The molecule has 0 radical (unpaired) electrons. The van der Waals surface area contributed by atoms with Gasteiger partial charge in [-0.3, -0.25) is 4.79 Å². The molecule has 4 rings (SSSR count). The number of nitrogens with one attached hydrogen (secondary N) is 1. The summed E-state index contributed by atoms with van der Waals surface area (Å²) in [6.07, 6.45) is 0. The smallest absolute Gasteiger partial charge is 0.275 e. The van der Waals surface area contributed by atoms with Gasteiger partial charge in [-0.05, 0) is 36.4 Å². The summed E-state index contributed by atoms with van der Waals surface area (Å²) in [6, 6.07) is 9.68. The zero-order chi connectivity index (χ0) is 14.4. The van der Waals surface area contributed by atoms with Crippen LogP contribution in [0.15, 0.2) is 46.9 Å². The van der Waals surface area contributed by atoms with Crippen molar-refractivity contribution in [2.45, 2.75) is 0 Å². The van der Waals surface area contributed by atoms with Crippen LogP contribution in [0.25, 0.3) is 10.2 Å². The first-order valence-electron chi connectivity index (χ1n) is 6.24. The molecule has 0 saturated carbocycles. The van der Waals surface area contributed by atoms with Gasteiger partial charge in [0.1, 0.15) is 11.5 Å². The van der Waals surface area contributed by atoms with Crippen LogP contribution < -0.4 is 5.32 Å². The third-order valence-corrected chi connectivity index (χ3v) is 4.05. The zero-order valence-electron chi connectivity index (χ0n) is 10.6. The van der Waals surface area contributed by atoms with Gasteiger partial charge < -0.3 is 5.32 Å². The summed E-state index contributed by atoms with van der Waals surface area (Å²) in [5.41, 5.74) is 4.60. The minimum Gasteiger partial charge on any atom is -0.320 e. The molecule has 0 aliphatic carbocycles. The number of benzene rings is 2. The second-order valence-corrected chi connectivity index (χ2v) is 5.50. The third kappa shape index (κ3) is 2.00. The van der Waals surface area contributed by atoms with Crippen molar-refractivity contribution in [1.82, 2.24) is 4.98 Å². The maximum absolute atomic E-state index is 13.4. The van der Waals surface area contributed by atoms with Crippen LogP contribution in [0, 0.1) is 5.82 Å². The molecule has 1 amide bonds. The molecular weight excluding hydrogens is 289 g/mol. The van der Waals surface area contributed by atoms with E-state index in [0.717, 1.165) is 10.2 Å². The quantitative estimate of drug-likeness (QED) is 0.747. The van der Waals surface area contributed by atoms with Gasteiger partial charge in [0.25, 0.3) is 5.91 Å². The molecule has 102 valence electrons. The molecule has 2 aromatic carbocycles. The summed E-state index contributed by atoms with van der Waals surface area (Å²) < 4.78 is 14.4. The lowest BCUT2D eigenvalue weighted by Gasteiger charge is -1.98. The van der Waals surface area contributed by atoms with E-state index in [1.807, 2.05) is 12.1 Å². The number of hydrogen-bond donors (Lipinski definition) is 1. The van der Waals surface area contributed by atoms with E-state index < -0.39 is 5.82 Å². The average molecular weight is 297 g/mol. The number of anilines is 1. The van der Waals surface area contributed by atoms with Gasteiger partial charge >= 0.3 is 0 Å². The van der Waals surface area contributed by atoms with Crippen molar-refractivity contribution in [3.8, 4) is 0 Å². The predicted octanol–water partition coefficient (Wildman–Crippen LogP) is 3.51. The number of aromatic nitrogens is 1. The highest BCUT2D eigenvalue weighted by Crippen LogP contribution is 2.28. The van der Waals surface area contributed by atoms with E-state index >= 15 is 0 Å². The molecule has 0 unspecified atom stereocenters. The molecule has 2 heterocycles. The van der Waals surface area contributed by atoms with Crippen molar-refractivity contribution < 1.29 is 9.18 Å². The van der Waals surface area contributed by atoms with Crippen molar-refractivity contribution in [3.63, 3.8) is 0 Å². The van der Waals surface area contributed by atoms with E-state index in [1.54, 1.807) is 11.6 Å². The van der Waals surface area contributed by atoms with Crippen LogP contribution in [0.5, 0.6) is 0 Å². The first kappa shape index (κ1) is 12.2. The number of nitrogens with zero attached hydrogens (tertiary/aromatic N) is 2. The summed E-state index contributed by atoms with van der Waals surface area (Å²) in [6.45, 7) is 0. The van der Waals surface area contributed by atoms with Crippen molar-refractivity contribution in [2.75, 3.05) is 5.32 Å². The molecule has 1 aromatic heterocycles. The Bertz CT molecular complexity index is 916. The van der Waals surface area contributed by atoms with E-state index in [1.165, 1.54) is 29.5 Å². The minimum absolute atomic E-state index is 0.230. The maximum Gasteiger partial charge on any atom is 0.275 e. The van der Waals surface area contributed by atoms with Crippen molar-refractivity contribution in [2.24, 2.45) is 4.99 Å². The Hall–Kier alpha value is -2.60. The lowest BCUT2D eigenvalue weighted by atomic mass is 10.1. The molecule has 1 aliphatic rings. The van der Waals surface area contributed by atoms with E-state index in [2.05, 4.69) is 15.3 Å². The Labute approximate surface area is 123 Å². The maximum atomic E-state index is 13.4. The molecule has 6 heteroatoms. The van der Waals surface area contributed by atoms with Crippen LogP contribution >= 0.6 is 11.3 Å². The van der Waals surface area contributed by atoms with E-state index in [0.29, 0.717) is 16.9 Å². The van der Waals surface area contributed by atoms with Gasteiger partial charge in [-0.1, -0.05) is 0 Å². The first-order valence-corrected chi connectivity index (χ1v) is 7.12. The minimum atomic E-state index is -0.393. The van der Waals surface area contributed by atoms with Gasteiger partial charge in [0, 0.05) is 5.56 Å². The number of carbonyl (C=O) groups excluding carboxylic acids is 1. The molecule has 1 N–H and O–H groups in total. The van der Waals surface area contributed by atoms with E-state index in [4.69, 9.17) is 0 Å². The highest BCUT2D eigenvalue weighted by atomic mass is 32.1. The lowest BCUT2D eigenvalue weighted by Crippen LogP contribution is -2.13. The fourth-order valence-corrected chi connectivity index (χ4v) is 2.99. The SMILES string of the molecule is O=C1Nc2ccc(F)cc2C1=Nc1ccc2ncsc2c1. The van der Waals surface area contributed by atoms with E-state index in [-0.39, 0.29) is 11.6 Å². The Kier molecular flexibility index (Phi) is 2.58.